The minimum Gasteiger partial charge on any atom is -0.365 e. The van der Waals surface area contributed by atoms with Crippen molar-refractivity contribution in [3.63, 3.8) is 0 Å². The summed E-state index contributed by atoms with van der Waals surface area (Å²) in [6, 6.07) is 11.3. The molecule has 5 heteroatoms. The van der Waals surface area contributed by atoms with Crippen LogP contribution in [-0.2, 0) is 0 Å². The van der Waals surface area contributed by atoms with E-state index in [1.807, 2.05) is 44.2 Å². The van der Waals surface area contributed by atoms with Crippen molar-refractivity contribution in [2.24, 2.45) is 5.92 Å². The minimum absolute atomic E-state index is 0.00737. The van der Waals surface area contributed by atoms with Crippen molar-refractivity contribution in [3.8, 4) is 0 Å². The van der Waals surface area contributed by atoms with Crippen LogP contribution in [0.25, 0.3) is 0 Å². The van der Waals surface area contributed by atoms with Gasteiger partial charge in [0.05, 0.1) is 0 Å². The van der Waals surface area contributed by atoms with Crippen LogP contribution in [0.3, 0.4) is 0 Å². The van der Waals surface area contributed by atoms with Crippen LogP contribution in [0.2, 0.25) is 0 Å². The predicted octanol–water partition coefficient (Wildman–Crippen LogP) is 2.68. The third-order valence-electron chi connectivity index (χ3n) is 4.35. The van der Waals surface area contributed by atoms with Gasteiger partial charge in [0.15, 0.2) is 0 Å². The molecule has 1 saturated carbocycles. The lowest BCUT2D eigenvalue weighted by Crippen LogP contribution is -2.38. The molecule has 22 heavy (non-hydrogen) atoms. The Hall–Kier alpha value is -2.30. The fourth-order valence-corrected chi connectivity index (χ4v) is 2.82. The zero-order chi connectivity index (χ0) is 15.7. The maximum Gasteiger partial charge on any atom is 0.330 e. The zero-order valence-corrected chi connectivity index (χ0v) is 12.9. The van der Waals surface area contributed by atoms with Gasteiger partial charge in [0, 0.05) is 18.2 Å². The molecule has 0 saturated heterocycles. The molecule has 116 valence electrons. The van der Waals surface area contributed by atoms with Crippen molar-refractivity contribution in [3.05, 3.63) is 62.8 Å². The molecule has 5 nitrogen and oxygen atoms in total. The number of nitrogens with zero attached hydrogens (tertiary/aromatic N) is 1. The summed E-state index contributed by atoms with van der Waals surface area (Å²) in [5.41, 5.74) is 0.513. The fourth-order valence-electron chi connectivity index (χ4n) is 2.82. The number of rotatable bonds is 5. The van der Waals surface area contributed by atoms with Crippen LogP contribution in [-0.4, -0.2) is 9.55 Å². The van der Waals surface area contributed by atoms with Crippen LogP contribution in [0.15, 0.2) is 46.0 Å². The lowest BCUT2D eigenvalue weighted by molar-refractivity contribution is 0.451. The summed E-state index contributed by atoms with van der Waals surface area (Å²) in [7, 11) is 0. The highest BCUT2D eigenvalue weighted by atomic mass is 16.2. The smallest absolute Gasteiger partial charge is 0.330 e. The molecule has 0 radical (unpaired) electrons. The largest absolute Gasteiger partial charge is 0.365 e. The Morgan fingerprint density at radius 3 is 2.45 bits per heavy atom. The van der Waals surface area contributed by atoms with E-state index in [0.29, 0.717) is 11.7 Å². The molecule has 0 unspecified atom stereocenters. The third-order valence-corrected chi connectivity index (χ3v) is 4.35. The molecule has 0 spiro atoms. The van der Waals surface area contributed by atoms with Crippen molar-refractivity contribution in [2.45, 2.75) is 38.8 Å². The SMILES string of the molecule is C[C@H](Nc1cc(=O)n([C@@H](C)C2CC2)c(=O)[nH]1)c1ccccc1. The summed E-state index contributed by atoms with van der Waals surface area (Å²) in [6.45, 7) is 3.93. The first kappa shape index (κ1) is 14.6. The summed E-state index contributed by atoms with van der Waals surface area (Å²) in [4.78, 5) is 27.3. The Balaban J connectivity index is 1.84. The van der Waals surface area contributed by atoms with Gasteiger partial charge in [0.25, 0.3) is 5.56 Å². The normalized spacial score (nSPS) is 17.0. The standard InChI is InChI=1S/C17H21N3O2/c1-11(13-6-4-3-5-7-13)18-15-10-16(21)20(17(22)19-15)12(2)14-8-9-14/h3-7,10-12,14,18H,8-9H2,1-2H3,(H,19,22)/t11-,12-/m0/s1. The van der Waals surface area contributed by atoms with Crippen molar-refractivity contribution in [1.29, 1.82) is 0 Å². The minimum atomic E-state index is -0.338. The number of hydrogen-bond acceptors (Lipinski definition) is 3. The van der Waals surface area contributed by atoms with Crippen LogP contribution >= 0.6 is 0 Å². The van der Waals surface area contributed by atoms with Crippen LogP contribution in [0.1, 0.15) is 44.3 Å². The maximum absolute atomic E-state index is 12.3. The average Bonchev–Trinajstić information content (AvgIpc) is 3.32. The van der Waals surface area contributed by atoms with E-state index in [1.54, 1.807) is 0 Å². The van der Waals surface area contributed by atoms with Gasteiger partial charge in [-0.3, -0.25) is 14.3 Å². The second kappa shape index (κ2) is 5.83. The molecule has 1 fully saturated rings. The van der Waals surface area contributed by atoms with Gasteiger partial charge in [0.2, 0.25) is 0 Å². The lowest BCUT2D eigenvalue weighted by Gasteiger charge is -2.17. The molecule has 1 aromatic heterocycles. The van der Waals surface area contributed by atoms with Crippen molar-refractivity contribution in [1.82, 2.24) is 9.55 Å². The third kappa shape index (κ3) is 2.98. The topological polar surface area (TPSA) is 66.9 Å². The zero-order valence-electron chi connectivity index (χ0n) is 12.9. The summed E-state index contributed by atoms with van der Waals surface area (Å²) in [5.74, 6) is 0.923. The molecule has 2 aromatic rings. The van der Waals surface area contributed by atoms with Crippen molar-refractivity contribution in [2.75, 3.05) is 5.32 Å². The Morgan fingerprint density at radius 1 is 1.18 bits per heavy atom. The van der Waals surface area contributed by atoms with Crippen molar-refractivity contribution >= 4 is 5.82 Å². The van der Waals surface area contributed by atoms with Gasteiger partial charge in [-0.1, -0.05) is 30.3 Å². The van der Waals surface area contributed by atoms with Crippen LogP contribution in [0, 0.1) is 5.92 Å². The molecule has 0 amide bonds. The van der Waals surface area contributed by atoms with Crippen LogP contribution in [0.4, 0.5) is 5.82 Å². The van der Waals surface area contributed by atoms with E-state index in [4.69, 9.17) is 0 Å². The molecule has 0 bridgehead atoms. The quantitative estimate of drug-likeness (QED) is 0.892. The molecule has 1 aliphatic rings. The number of benzene rings is 1. The highest BCUT2D eigenvalue weighted by Crippen LogP contribution is 2.38. The Morgan fingerprint density at radius 2 is 1.86 bits per heavy atom. The number of aromatic nitrogens is 2. The van der Waals surface area contributed by atoms with Gasteiger partial charge in [-0.25, -0.2) is 4.79 Å². The Bertz CT molecular complexity index is 728. The first-order chi connectivity index (χ1) is 10.6. The second-order valence-corrected chi connectivity index (χ2v) is 6.05. The van der Waals surface area contributed by atoms with Gasteiger partial charge in [-0.15, -0.1) is 0 Å². The fraction of sp³-hybridized carbons (Fsp3) is 0.412. The molecular formula is C17H21N3O2. The monoisotopic (exact) mass is 299 g/mol. The Labute approximate surface area is 129 Å². The van der Waals surface area contributed by atoms with E-state index in [-0.39, 0.29) is 23.3 Å². The predicted molar refractivity (Wildman–Crippen MR) is 87.2 cm³/mol. The molecule has 1 aliphatic carbocycles. The van der Waals surface area contributed by atoms with Gasteiger partial charge in [-0.2, -0.15) is 0 Å². The average molecular weight is 299 g/mol. The van der Waals surface area contributed by atoms with E-state index in [9.17, 15) is 9.59 Å². The van der Waals surface area contributed by atoms with E-state index >= 15 is 0 Å². The highest BCUT2D eigenvalue weighted by Gasteiger charge is 2.30. The van der Waals surface area contributed by atoms with E-state index in [0.717, 1.165) is 18.4 Å². The lowest BCUT2D eigenvalue weighted by atomic mass is 10.1. The van der Waals surface area contributed by atoms with E-state index < -0.39 is 0 Å². The number of nitrogens with one attached hydrogen (secondary N) is 2. The summed E-state index contributed by atoms with van der Waals surface area (Å²) in [6.07, 6.45) is 2.19. The summed E-state index contributed by atoms with van der Waals surface area (Å²) < 4.78 is 1.33. The molecule has 2 N–H and O–H groups in total. The first-order valence-electron chi connectivity index (χ1n) is 7.73. The molecule has 1 aromatic carbocycles. The molecule has 2 atom stereocenters. The van der Waals surface area contributed by atoms with Gasteiger partial charge < -0.3 is 5.32 Å². The number of hydrogen-bond donors (Lipinski definition) is 2. The van der Waals surface area contributed by atoms with Crippen LogP contribution < -0.4 is 16.6 Å². The molecule has 3 rings (SSSR count). The van der Waals surface area contributed by atoms with Gasteiger partial charge in [0.1, 0.15) is 5.82 Å². The molecule has 1 heterocycles. The van der Waals surface area contributed by atoms with Crippen LogP contribution in [0.5, 0.6) is 0 Å². The maximum atomic E-state index is 12.3. The number of aromatic amines is 1. The van der Waals surface area contributed by atoms with E-state index in [2.05, 4.69) is 10.3 Å². The summed E-state index contributed by atoms with van der Waals surface area (Å²) in [5, 5.41) is 3.18. The first-order valence-corrected chi connectivity index (χ1v) is 7.73. The summed E-state index contributed by atoms with van der Waals surface area (Å²) >= 11 is 0. The number of anilines is 1. The highest BCUT2D eigenvalue weighted by molar-refractivity contribution is 5.36. The van der Waals surface area contributed by atoms with Gasteiger partial charge in [-0.05, 0) is 38.2 Å². The number of H-pyrrole nitrogens is 1. The van der Waals surface area contributed by atoms with E-state index in [1.165, 1.54) is 10.6 Å². The Kier molecular flexibility index (Phi) is 3.88. The second-order valence-electron chi connectivity index (χ2n) is 6.05. The molecule has 0 aliphatic heterocycles. The van der Waals surface area contributed by atoms with Gasteiger partial charge >= 0.3 is 5.69 Å². The molecular weight excluding hydrogens is 278 g/mol. The van der Waals surface area contributed by atoms with Crippen molar-refractivity contribution < 1.29 is 0 Å².